The van der Waals surface area contributed by atoms with Crippen LogP contribution in [0.15, 0.2) is 0 Å². The first-order valence-corrected chi connectivity index (χ1v) is 8.86. The molecule has 1 fully saturated rings. The molecule has 1 saturated heterocycles. The summed E-state index contributed by atoms with van der Waals surface area (Å²) in [6.07, 6.45) is 1.28. The van der Waals surface area contributed by atoms with E-state index in [1.165, 1.54) is 6.92 Å². The van der Waals surface area contributed by atoms with Gasteiger partial charge in [0.15, 0.2) is 0 Å². The third-order valence-corrected chi connectivity index (χ3v) is 5.37. The van der Waals surface area contributed by atoms with E-state index in [-0.39, 0.29) is 17.7 Å². The molecule has 0 saturated carbocycles. The van der Waals surface area contributed by atoms with E-state index in [0.717, 1.165) is 0 Å². The Morgan fingerprint density at radius 3 is 2.52 bits per heavy atom. The number of hydrogen-bond acceptors (Lipinski definition) is 4. The van der Waals surface area contributed by atoms with E-state index in [0.29, 0.717) is 25.8 Å². The van der Waals surface area contributed by atoms with Crippen molar-refractivity contribution in [1.29, 1.82) is 0 Å². The normalized spacial score (nSPS) is 24.6. The number of carbonyl (C=O) groups is 2. The van der Waals surface area contributed by atoms with Crippen LogP contribution >= 0.6 is 0 Å². The zero-order chi connectivity index (χ0) is 16.2. The van der Waals surface area contributed by atoms with E-state index in [9.17, 15) is 18.0 Å². The van der Waals surface area contributed by atoms with Crippen LogP contribution in [0.4, 0.5) is 0 Å². The van der Waals surface area contributed by atoms with Gasteiger partial charge < -0.3 is 10.0 Å². The number of carboxylic acids is 1. The summed E-state index contributed by atoms with van der Waals surface area (Å²) >= 11 is 0. The van der Waals surface area contributed by atoms with E-state index in [2.05, 4.69) is 4.72 Å². The number of nitrogens with zero attached hydrogens (tertiary/aromatic N) is 1. The van der Waals surface area contributed by atoms with Crippen molar-refractivity contribution < 1.29 is 23.1 Å². The molecular formula is C13H24N2O5S. The van der Waals surface area contributed by atoms with Gasteiger partial charge in [0, 0.05) is 12.6 Å². The third kappa shape index (κ3) is 4.96. The highest BCUT2D eigenvalue weighted by atomic mass is 32.2. The molecule has 0 bridgehead atoms. The lowest BCUT2D eigenvalue weighted by Gasteiger charge is -2.37. The van der Waals surface area contributed by atoms with Gasteiger partial charge in [0.25, 0.3) is 0 Å². The van der Waals surface area contributed by atoms with Gasteiger partial charge >= 0.3 is 5.97 Å². The van der Waals surface area contributed by atoms with Gasteiger partial charge in [-0.05, 0) is 33.1 Å². The van der Waals surface area contributed by atoms with E-state index in [1.807, 2.05) is 0 Å². The molecule has 0 aliphatic carbocycles. The maximum absolute atomic E-state index is 12.3. The van der Waals surface area contributed by atoms with Crippen LogP contribution in [0.2, 0.25) is 0 Å². The lowest BCUT2D eigenvalue weighted by atomic mass is 9.91. The maximum atomic E-state index is 12.3. The fraction of sp³-hybridized carbons (Fsp3) is 0.846. The molecule has 122 valence electrons. The van der Waals surface area contributed by atoms with Crippen LogP contribution in [0, 0.1) is 5.92 Å². The quantitative estimate of drug-likeness (QED) is 0.738. The number of piperidine rings is 1. The summed E-state index contributed by atoms with van der Waals surface area (Å²) in [6, 6.07) is -1.03. The van der Waals surface area contributed by atoms with Gasteiger partial charge in [0.05, 0.1) is 17.7 Å². The van der Waals surface area contributed by atoms with Crippen molar-refractivity contribution in [2.75, 3.05) is 12.3 Å². The standard InChI is InChI=1S/C13H24N2O5S/c1-4-7-21(19,20)14-10(3)12(16)15-6-5-11(13(17)18)8-9(15)2/h9-11,14H,4-8H2,1-3H3,(H,17,18). The second kappa shape index (κ2) is 7.22. The predicted molar refractivity (Wildman–Crippen MR) is 78.2 cm³/mol. The van der Waals surface area contributed by atoms with Gasteiger partial charge in [-0.25, -0.2) is 13.1 Å². The molecule has 0 aromatic heterocycles. The van der Waals surface area contributed by atoms with Crippen molar-refractivity contribution in [2.45, 2.75) is 52.1 Å². The summed E-state index contributed by atoms with van der Waals surface area (Å²) in [4.78, 5) is 24.9. The van der Waals surface area contributed by atoms with Crippen LogP contribution in [0.3, 0.4) is 0 Å². The van der Waals surface area contributed by atoms with Gasteiger partial charge in [0.1, 0.15) is 0 Å². The molecule has 21 heavy (non-hydrogen) atoms. The Morgan fingerprint density at radius 1 is 1.43 bits per heavy atom. The zero-order valence-electron chi connectivity index (χ0n) is 12.7. The van der Waals surface area contributed by atoms with Gasteiger partial charge in [0.2, 0.25) is 15.9 Å². The van der Waals surface area contributed by atoms with Crippen molar-refractivity contribution in [3.8, 4) is 0 Å². The van der Waals surface area contributed by atoms with Crippen molar-refractivity contribution >= 4 is 21.9 Å². The zero-order valence-corrected chi connectivity index (χ0v) is 13.5. The Hall–Kier alpha value is -1.15. The average Bonchev–Trinajstić information content (AvgIpc) is 2.36. The fourth-order valence-electron chi connectivity index (χ4n) is 2.62. The Labute approximate surface area is 125 Å². The highest BCUT2D eigenvalue weighted by Gasteiger charge is 2.34. The number of rotatable bonds is 6. The predicted octanol–water partition coefficient (Wildman–Crippen LogP) is 0.416. The number of sulfonamides is 1. The number of carbonyl (C=O) groups excluding carboxylic acids is 1. The van der Waals surface area contributed by atoms with E-state index in [1.54, 1.807) is 18.7 Å². The first-order chi connectivity index (χ1) is 9.68. The molecule has 0 aromatic carbocycles. The summed E-state index contributed by atoms with van der Waals surface area (Å²) in [5, 5.41) is 9.01. The van der Waals surface area contributed by atoms with Gasteiger partial charge in [-0.15, -0.1) is 0 Å². The highest BCUT2D eigenvalue weighted by Crippen LogP contribution is 2.23. The fourth-order valence-corrected chi connectivity index (χ4v) is 3.91. The van der Waals surface area contributed by atoms with E-state index < -0.39 is 28.0 Å². The monoisotopic (exact) mass is 320 g/mol. The molecule has 8 heteroatoms. The van der Waals surface area contributed by atoms with E-state index in [4.69, 9.17) is 5.11 Å². The first kappa shape index (κ1) is 17.9. The summed E-state index contributed by atoms with van der Waals surface area (Å²) in [5.74, 6) is -1.59. The van der Waals surface area contributed by atoms with Crippen LogP contribution in [-0.2, 0) is 19.6 Å². The molecule has 1 aliphatic rings. The Morgan fingerprint density at radius 2 is 2.05 bits per heavy atom. The molecule has 2 N–H and O–H groups in total. The molecule has 7 nitrogen and oxygen atoms in total. The minimum Gasteiger partial charge on any atom is -0.481 e. The topological polar surface area (TPSA) is 104 Å². The summed E-state index contributed by atoms with van der Waals surface area (Å²) < 4.78 is 25.8. The van der Waals surface area contributed by atoms with Gasteiger partial charge in [-0.2, -0.15) is 0 Å². The Bertz CT molecular complexity index is 491. The lowest BCUT2D eigenvalue weighted by Crippen LogP contribution is -2.53. The first-order valence-electron chi connectivity index (χ1n) is 7.21. The third-order valence-electron chi connectivity index (χ3n) is 3.71. The minimum absolute atomic E-state index is 0.0126. The second-order valence-electron chi connectivity index (χ2n) is 5.60. The number of aliphatic carboxylic acids is 1. The van der Waals surface area contributed by atoms with Gasteiger partial charge in [-0.1, -0.05) is 6.92 Å². The summed E-state index contributed by atoms with van der Waals surface area (Å²) in [5.41, 5.74) is 0. The van der Waals surface area contributed by atoms with Crippen molar-refractivity contribution in [3.05, 3.63) is 0 Å². The maximum Gasteiger partial charge on any atom is 0.306 e. The van der Waals surface area contributed by atoms with Crippen LogP contribution in [0.25, 0.3) is 0 Å². The second-order valence-corrected chi connectivity index (χ2v) is 7.47. The largest absolute Gasteiger partial charge is 0.481 e. The molecule has 1 aliphatic heterocycles. The molecular weight excluding hydrogens is 296 g/mol. The molecule has 1 heterocycles. The van der Waals surface area contributed by atoms with E-state index >= 15 is 0 Å². The minimum atomic E-state index is -3.45. The van der Waals surface area contributed by atoms with Gasteiger partial charge in [-0.3, -0.25) is 9.59 Å². The number of nitrogens with one attached hydrogen (secondary N) is 1. The SMILES string of the molecule is CCCS(=O)(=O)NC(C)C(=O)N1CCC(C(=O)O)CC1C. The molecule has 1 rings (SSSR count). The van der Waals surface area contributed by atoms with Crippen LogP contribution in [-0.4, -0.2) is 54.7 Å². The molecule has 0 aromatic rings. The molecule has 1 amide bonds. The molecule has 3 atom stereocenters. The molecule has 0 spiro atoms. The highest BCUT2D eigenvalue weighted by molar-refractivity contribution is 7.89. The number of likely N-dealkylation sites (tertiary alicyclic amines) is 1. The summed E-state index contributed by atoms with van der Waals surface area (Å²) in [7, 11) is -3.45. The summed E-state index contributed by atoms with van der Waals surface area (Å²) in [6.45, 7) is 5.41. The smallest absolute Gasteiger partial charge is 0.306 e. The molecule has 0 radical (unpaired) electrons. The number of carboxylic acid groups (broad SMARTS) is 1. The number of hydrogen-bond donors (Lipinski definition) is 2. The van der Waals surface area contributed by atoms with Crippen LogP contribution in [0.1, 0.15) is 40.0 Å². The van der Waals surface area contributed by atoms with Crippen molar-refractivity contribution in [1.82, 2.24) is 9.62 Å². The van der Waals surface area contributed by atoms with Crippen molar-refractivity contribution in [3.63, 3.8) is 0 Å². The van der Waals surface area contributed by atoms with Crippen molar-refractivity contribution in [2.24, 2.45) is 5.92 Å². The van der Waals surface area contributed by atoms with Crippen LogP contribution in [0.5, 0.6) is 0 Å². The lowest BCUT2D eigenvalue weighted by molar-refractivity contribution is -0.147. The molecule has 3 unspecified atom stereocenters. The number of amides is 1. The van der Waals surface area contributed by atoms with Crippen LogP contribution < -0.4 is 4.72 Å². The Balaban J connectivity index is 2.65. The average molecular weight is 320 g/mol. The Kier molecular flexibility index (Phi) is 6.15.